The highest BCUT2D eigenvalue weighted by Gasteiger charge is 2.11. The van der Waals surface area contributed by atoms with Crippen LogP contribution in [0.3, 0.4) is 0 Å². The molecule has 0 spiro atoms. The molecule has 0 N–H and O–H groups in total. The molecule has 0 atom stereocenters. The van der Waals surface area contributed by atoms with Crippen molar-refractivity contribution in [2.24, 2.45) is 0 Å². The van der Waals surface area contributed by atoms with Crippen molar-refractivity contribution in [3.05, 3.63) is 40.5 Å². The molecule has 0 heterocycles. The summed E-state index contributed by atoms with van der Waals surface area (Å²) in [6.45, 7) is 5.91. The second-order valence-corrected chi connectivity index (χ2v) is 2.61. The number of nitro groups is 1. The highest BCUT2D eigenvalue weighted by Crippen LogP contribution is 2.24. The third-order valence-electron chi connectivity index (χ3n) is 1.73. The summed E-state index contributed by atoms with van der Waals surface area (Å²) in [5, 5.41) is 10.6. The summed E-state index contributed by atoms with van der Waals surface area (Å²) in [6, 6.07) is 4.60. The van der Waals surface area contributed by atoms with Gasteiger partial charge in [-0.1, -0.05) is 12.7 Å². The van der Waals surface area contributed by atoms with E-state index in [1.807, 2.05) is 6.92 Å². The molecule has 4 nitrogen and oxygen atoms in total. The number of hydrogen-bond donors (Lipinski definition) is 0. The molecule has 0 saturated carbocycles. The summed E-state index contributed by atoms with van der Waals surface area (Å²) >= 11 is 0. The van der Waals surface area contributed by atoms with Crippen molar-refractivity contribution in [2.45, 2.75) is 6.92 Å². The number of hydrogen-bond acceptors (Lipinski definition) is 3. The Morgan fingerprint density at radius 2 is 2.36 bits per heavy atom. The van der Waals surface area contributed by atoms with E-state index in [0.717, 1.165) is 0 Å². The van der Waals surface area contributed by atoms with Gasteiger partial charge < -0.3 is 4.74 Å². The van der Waals surface area contributed by atoms with E-state index in [1.165, 1.54) is 12.1 Å². The standard InChI is InChI=1S/C10H11NO3/c1-3-8-7-9(14-4-2)5-6-10(8)11(12)13/h3,5-7H,1,4H2,2H3. The number of nitrogens with zero attached hydrogens (tertiary/aromatic N) is 1. The second-order valence-electron chi connectivity index (χ2n) is 2.61. The lowest BCUT2D eigenvalue weighted by atomic mass is 10.1. The Morgan fingerprint density at radius 3 is 2.86 bits per heavy atom. The van der Waals surface area contributed by atoms with E-state index in [9.17, 15) is 10.1 Å². The van der Waals surface area contributed by atoms with E-state index in [4.69, 9.17) is 4.74 Å². The van der Waals surface area contributed by atoms with Crippen LogP contribution in [0.5, 0.6) is 5.75 Å². The van der Waals surface area contributed by atoms with Gasteiger partial charge in [0.25, 0.3) is 5.69 Å². The second kappa shape index (κ2) is 4.41. The highest BCUT2D eigenvalue weighted by molar-refractivity contribution is 5.61. The van der Waals surface area contributed by atoms with Crippen molar-refractivity contribution >= 4 is 11.8 Å². The van der Waals surface area contributed by atoms with Crippen LogP contribution in [-0.2, 0) is 0 Å². The molecule has 0 bridgehead atoms. The van der Waals surface area contributed by atoms with Crippen LogP contribution in [0.1, 0.15) is 12.5 Å². The first-order valence-electron chi connectivity index (χ1n) is 4.22. The molecule has 1 rings (SSSR count). The number of ether oxygens (including phenoxy) is 1. The summed E-state index contributed by atoms with van der Waals surface area (Å²) in [5.74, 6) is 0.619. The number of nitro benzene ring substituents is 1. The van der Waals surface area contributed by atoms with Crippen molar-refractivity contribution < 1.29 is 9.66 Å². The lowest BCUT2D eigenvalue weighted by molar-refractivity contribution is -0.385. The molecule has 0 aliphatic rings. The minimum absolute atomic E-state index is 0.0449. The van der Waals surface area contributed by atoms with Gasteiger partial charge in [0.15, 0.2) is 0 Å². The van der Waals surface area contributed by atoms with Crippen LogP contribution in [0.25, 0.3) is 6.08 Å². The average molecular weight is 193 g/mol. The first-order chi connectivity index (χ1) is 6.69. The van der Waals surface area contributed by atoms with Gasteiger partial charge in [-0.05, 0) is 19.1 Å². The van der Waals surface area contributed by atoms with Crippen LogP contribution < -0.4 is 4.74 Å². The Balaban J connectivity index is 3.11. The van der Waals surface area contributed by atoms with Crippen molar-refractivity contribution in [1.82, 2.24) is 0 Å². The van der Waals surface area contributed by atoms with E-state index >= 15 is 0 Å². The van der Waals surface area contributed by atoms with Crippen molar-refractivity contribution in [3.63, 3.8) is 0 Å². The highest BCUT2D eigenvalue weighted by atomic mass is 16.6. The van der Waals surface area contributed by atoms with Gasteiger partial charge in [0.1, 0.15) is 5.75 Å². The minimum atomic E-state index is -0.438. The van der Waals surface area contributed by atoms with Crippen LogP contribution in [0.15, 0.2) is 24.8 Å². The fraction of sp³-hybridized carbons (Fsp3) is 0.200. The molecule has 0 aromatic heterocycles. The smallest absolute Gasteiger partial charge is 0.276 e. The molecule has 74 valence electrons. The molecule has 4 heteroatoms. The Bertz CT molecular complexity index is 360. The van der Waals surface area contributed by atoms with E-state index < -0.39 is 4.92 Å². The average Bonchev–Trinajstić information content (AvgIpc) is 2.17. The van der Waals surface area contributed by atoms with Gasteiger partial charge >= 0.3 is 0 Å². The molecular formula is C10H11NO3. The molecule has 1 aromatic rings. The predicted octanol–water partition coefficient (Wildman–Crippen LogP) is 2.64. The van der Waals surface area contributed by atoms with Crippen LogP contribution in [0, 0.1) is 10.1 Å². The SMILES string of the molecule is C=Cc1cc(OCC)ccc1[N+](=O)[O-]. The molecule has 1 aromatic carbocycles. The maximum Gasteiger partial charge on any atom is 0.276 e. The zero-order chi connectivity index (χ0) is 10.6. The Morgan fingerprint density at radius 1 is 1.64 bits per heavy atom. The third kappa shape index (κ3) is 2.10. The summed E-state index contributed by atoms with van der Waals surface area (Å²) < 4.78 is 5.21. The fourth-order valence-electron chi connectivity index (χ4n) is 1.12. The lowest BCUT2D eigenvalue weighted by Crippen LogP contribution is -1.95. The van der Waals surface area contributed by atoms with Gasteiger partial charge in [0.05, 0.1) is 17.1 Å². The fourth-order valence-corrected chi connectivity index (χ4v) is 1.12. The van der Waals surface area contributed by atoms with Gasteiger partial charge in [-0.15, -0.1) is 0 Å². The molecular weight excluding hydrogens is 182 g/mol. The molecule has 0 aliphatic heterocycles. The quantitative estimate of drug-likeness (QED) is 0.545. The largest absolute Gasteiger partial charge is 0.494 e. The lowest BCUT2D eigenvalue weighted by Gasteiger charge is -2.03. The van der Waals surface area contributed by atoms with Gasteiger partial charge in [-0.3, -0.25) is 10.1 Å². The Kier molecular flexibility index (Phi) is 3.23. The zero-order valence-electron chi connectivity index (χ0n) is 7.90. The van der Waals surface area contributed by atoms with Gasteiger partial charge in [0, 0.05) is 6.07 Å². The molecule has 0 saturated heterocycles. The summed E-state index contributed by atoms with van der Waals surface area (Å²) in [5.41, 5.74) is 0.518. The van der Waals surface area contributed by atoms with E-state index in [-0.39, 0.29) is 5.69 Å². The normalized spacial score (nSPS) is 9.50. The number of benzene rings is 1. The summed E-state index contributed by atoms with van der Waals surface area (Å²) in [6.07, 6.45) is 1.45. The zero-order valence-corrected chi connectivity index (χ0v) is 7.90. The maximum absolute atomic E-state index is 10.6. The monoisotopic (exact) mass is 193 g/mol. The third-order valence-corrected chi connectivity index (χ3v) is 1.73. The maximum atomic E-state index is 10.6. The molecule has 0 unspecified atom stereocenters. The molecule has 0 radical (unpaired) electrons. The molecule has 0 amide bonds. The molecule has 0 aliphatic carbocycles. The Labute approximate surface area is 82.0 Å². The van der Waals surface area contributed by atoms with Crippen LogP contribution in [0.4, 0.5) is 5.69 Å². The first kappa shape index (κ1) is 10.2. The van der Waals surface area contributed by atoms with Crippen molar-refractivity contribution in [3.8, 4) is 5.75 Å². The van der Waals surface area contributed by atoms with Gasteiger partial charge in [-0.25, -0.2) is 0 Å². The van der Waals surface area contributed by atoms with Gasteiger partial charge in [-0.2, -0.15) is 0 Å². The summed E-state index contributed by atoms with van der Waals surface area (Å²) in [7, 11) is 0. The molecule has 0 fully saturated rings. The predicted molar refractivity (Wildman–Crippen MR) is 54.4 cm³/mol. The summed E-state index contributed by atoms with van der Waals surface area (Å²) in [4.78, 5) is 10.1. The van der Waals surface area contributed by atoms with Crippen molar-refractivity contribution in [2.75, 3.05) is 6.61 Å². The number of rotatable bonds is 4. The van der Waals surface area contributed by atoms with Crippen LogP contribution >= 0.6 is 0 Å². The van der Waals surface area contributed by atoms with E-state index in [1.54, 1.807) is 12.1 Å². The van der Waals surface area contributed by atoms with Crippen LogP contribution in [0.2, 0.25) is 0 Å². The van der Waals surface area contributed by atoms with Crippen molar-refractivity contribution in [1.29, 1.82) is 0 Å². The van der Waals surface area contributed by atoms with Gasteiger partial charge in [0.2, 0.25) is 0 Å². The van der Waals surface area contributed by atoms with Crippen LogP contribution in [-0.4, -0.2) is 11.5 Å². The first-order valence-corrected chi connectivity index (χ1v) is 4.22. The molecule has 14 heavy (non-hydrogen) atoms. The topological polar surface area (TPSA) is 52.4 Å². The minimum Gasteiger partial charge on any atom is -0.494 e. The Hall–Kier alpha value is -1.84. The van der Waals surface area contributed by atoms with E-state index in [0.29, 0.717) is 17.9 Å². The van der Waals surface area contributed by atoms with E-state index in [2.05, 4.69) is 6.58 Å².